The lowest BCUT2D eigenvalue weighted by Gasteiger charge is -1.89. The molecule has 2 aromatic rings. The van der Waals surface area contributed by atoms with E-state index in [1.54, 1.807) is 31.7 Å². The van der Waals surface area contributed by atoms with Crippen molar-refractivity contribution in [3.8, 4) is 11.5 Å². The molecular weight excluding hydrogens is 154 g/mol. The summed E-state index contributed by atoms with van der Waals surface area (Å²) in [5, 5.41) is 7.98. The van der Waals surface area contributed by atoms with Crippen molar-refractivity contribution in [3.05, 3.63) is 24.7 Å². The van der Waals surface area contributed by atoms with E-state index in [0.29, 0.717) is 11.5 Å². The Balaban J connectivity index is 2.45. The smallest absolute Gasteiger partial charge is 0.181 e. The number of nitrogens with zero attached hydrogens (tertiary/aromatic N) is 5. The normalized spacial score (nSPS) is 10.1. The Kier molecular flexibility index (Phi) is 1.55. The maximum absolute atomic E-state index is 4.06. The molecular formula is C7H7N5. The van der Waals surface area contributed by atoms with Gasteiger partial charge in [0.05, 0.1) is 6.20 Å². The summed E-state index contributed by atoms with van der Waals surface area (Å²) < 4.78 is 0. The SMILES string of the molecule is Cn1ncc(-c2ncccn2)n1. The summed E-state index contributed by atoms with van der Waals surface area (Å²) in [7, 11) is 1.76. The Morgan fingerprint density at radius 2 is 2.00 bits per heavy atom. The number of hydrogen-bond donors (Lipinski definition) is 0. The highest BCUT2D eigenvalue weighted by atomic mass is 15.4. The molecule has 12 heavy (non-hydrogen) atoms. The van der Waals surface area contributed by atoms with Gasteiger partial charge in [-0.15, -0.1) is 0 Å². The van der Waals surface area contributed by atoms with E-state index < -0.39 is 0 Å². The predicted octanol–water partition coefficient (Wildman–Crippen LogP) is 0.272. The largest absolute Gasteiger partial charge is 0.235 e. The first-order valence-electron chi connectivity index (χ1n) is 3.50. The van der Waals surface area contributed by atoms with Crippen LogP contribution >= 0.6 is 0 Å². The van der Waals surface area contributed by atoms with Gasteiger partial charge < -0.3 is 0 Å². The molecule has 5 heteroatoms. The summed E-state index contributed by atoms with van der Waals surface area (Å²) in [6, 6.07) is 1.76. The van der Waals surface area contributed by atoms with E-state index in [1.165, 1.54) is 4.80 Å². The molecule has 0 fully saturated rings. The van der Waals surface area contributed by atoms with Crippen LogP contribution in [0.5, 0.6) is 0 Å². The fourth-order valence-corrected chi connectivity index (χ4v) is 0.880. The second kappa shape index (κ2) is 2.69. The lowest BCUT2D eigenvalue weighted by Crippen LogP contribution is -1.93. The molecule has 0 atom stereocenters. The molecule has 5 nitrogen and oxygen atoms in total. The van der Waals surface area contributed by atoms with Crippen LogP contribution in [0, 0.1) is 0 Å². The molecule has 2 rings (SSSR count). The highest BCUT2D eigenvalue weighted by Gasteiger charge is 2.02. The second-order valence-corrected chi connectivity index (χ2v) is 2.29. The monoisotopic (exact) mass is 161 g/mol. The molecule has 0 aliphatic rings. The quantitative estimate of drug-likeness (QED) is 0.602. The Morgan fingerprint density at radius 1 is 1.25 bits per heavy atom. The van der Waals surface area contributed by atoms with Crippen LogP contribution in [0.4, 0.5) is 0 Å². The molecule has 0 unspecified atom stereocenters. The Bertz CT molecular complexity index is 366. The van der Waals surface area contributed by atoms with Crippen molar-refractivity contribution in [2.24, 2.45) is 7.05 Å². The lowest BCUT2D eigenvalue weighted by atomic mass is 10.4. The maximum atomic E-state index is 4.06. The number of hydrogen-bond acceptors (Lipinski definition) is 4. The molecule has 0 radical (unpaired) electrons. The molecule has 60 valence electrons. The predicted molar refractivity (Wildman–Crippen MR) is 42.0 cm³/mol. The van der Waals surface area contributed by atoms with Crippen LogP contribution < -0.4 is 0 Å². The van der Waals surface area contributed by atoms with Crippen molar-refractivity contribution < 1.29 is 0 Å². The van der Waals surface area contributed by atoms with Crippen LogP contribution in [0.15, 0.2) is 24.7 Å². The average molecular weight is 161 g/mol. The van der Waals surface area contributed by atoms with Gasteiger partial charge in [0, 0.05) is 19.4 Å². The first-order chi connectivity index (χ1) is 5.86. The van der Waals surface area contributed by atoms with Gasteiger partial charge in [0.25, 0.3) is 0 Å². The molecule has 2 heterocycles. The summed E-state index contributed by atoms with van der Waals surface area (Å²) in [4.78, 5) is 9.55. The first kappa shape index (κ1) is 6.90. The van der Waals surface area contributed by atoms with Crippen LogP contribution in [0.1, 0.15) is 0 Å². The molecule has 0 bridgehead atoms. The third-order valence-electron chi connectivity index (χ3n) is 1.39. The third kappa shape index (κ3) is 1.16. The van der Waals surface area contributed by atoms with Gasteiger partial charge in [0.1, 0.15) is 5.69 Å². The van der Waals surface area contributed by atoms with Crippen molar-refractivity contribution in [1.82, 2.24) is 25.0 Å². The van der Waals surface area contributed by atoms with Gasteiger partial charge in [-0.25, -0.2) is 9.97 Å². The van der Waals surface area contributed by atoms with E-state index in [1.807, 2.05) is 0 Å². The molecule has 0 aliphatic carbocycles. The number of aryl methyl sites for hydroxylation is 1. The topological polar surface area (TPSA) is 56.5 Å². The molecule has 0 aliphatic heterocycles. The van der Waals surface area contributed by atoms with Crippen LogP contribution in [-0.4, -0.2) is 25.0 Å². The van der Waals surface area contributed by atoms with E-state index in [-0.39, 0.29) is 0 Å². The number of rotatable bonds is 1. The molecule has 2 aromatic heterocycles. The lowest BCUT2D eigenvalue weighted by molar-refractivity contribution is 0.655. The maximum Gasteiger partial charge on any atom is 0.181 e. The standard InChI is InChI=1S/C7H7N5/c1-12-10-5-6(11-12)7-8-3-2-4-9-7/h2-5H,1H3. The summed E-state index contributed by atoms with van der Waals surface area (Å²) >= 11 is 0. The molecule has 0 aromatic carbocycles. The first-order valence-corrected chi connectivity index (χ1v) is 3.50. The van der Waals surface area contributed by atoms with Crippen LogP contribution in [0.3, 0.4) is 0 Å². The van der Waals surface area contributed by atoms with Gasteiger partial charge >= 0.3 is 0 Å². The van der Waals surface area contributed by atoms with Crippen molar-refractivity contribution in [2.75, 3.05) is 0 Å². The van der Waals surface area contributed by atoms with Gasteiger partial charge in [-0.2, -0.15) is 15.0 Å². The van der Waals surface area contributed by atoms with Crippen molar-refractivity contribution in [2.45, 2.75) is 0 Å². The van der Waals surface area contributed by atoms with E-state index in [4.69, 9.17) is 0 Å². The number of aromatic nitrogens is 5. The van der Waals surface area contributed by atoms with Crippen LogP contribution in [0.2, 0.25) is 0 Å². The second-order valence-electron chi connectivity index (χ2n) is 2.29. The van der Waals surface area contributed by atoms with E-state index in [9.17, 15) is 0 Å². The van der Waals surface area contributed by atoms with Crippen LogP contribution in [0.25, 0.3) is 11.5 Å². The van der Waals surface area contributed by atoms with Crippen molar-refractivity contribution in [3.63, 3.8) is 0 Å². The zero-order valence-corrected chi connectivity index (χ0v) is 6.55. The zero-order chi connectivity index (χ0) is 8.39. The Hall–Kier alpha value is -1.78. The van der Waals surface area contributed by atoms with E-state index in [0.717, 1.165) is 0 Å². The molecule has 0 amide bonds. The van der Waals surface area contributed by atoms with E-state index >= 15 is 0 Å². The molecule has 0 spiro atoms. The minimum Gasteiger partial charge on any atom is -0.235 e. The third-order valence-corrected chi connectivity index (χ3v) is 1.39. The summed E-state index contributed by atoms with van der Waals surface area (Å²) in [6.07, 6.45) is 4.99. The minimum absolute atomic E-state index is 0.602. The van der Waals surface area contributed by atoms with Gasteiger partial charge in [-0.1, -0.05) is 0 Å². The molecule has 0 N–H and O–H groups in total. The highest BCUT2D eigenvalue weighted by Crippen LogP contribution is 2.06. The van der Waals surface area contributed by atoms with Crippen LogP contribution in [-0.2, 0) is 7.05 Å². The Morgan fingerprint density at radius 3 is 2.58 bits per heavy atom. The van der Waals surface area contributed by atoms with Crippen molar-refractivity contribution >= 4 is 0 Å². The van der Waals surface area contributed by atoms with E-state index in [2.05, 4.69) is 20.2 Å². The summed E-state index contributed by atoms with van der Waals surface area (Å²) in [6.45, 7) is 0. The molecule has 0 saturated heterocycles. The van der Waals surface area contributed by atoms with Crippen molar-refractivity contribution in [1.29, 1.82) is 0 Å². The molecule has 0 saturated carbocycles. The summed E-state index contributed by atoms with van der Waals surface area (Å²) in [5.74, 6) is 0.602. The zero-order valence-electron chi connectivity index (χ0n) is 6.55. The minimum atomic E-state index is 0.602. The Labute approximate surface area is 69.1 Å². The highest BCUT2D eigenvalue weighted by molar-refractivity contribution is 5.45. The summed E-state index contributed by atoms with van der Waals surface area (Å²) in [5.41, 5.74) is 0.693. The van der Waals surface area contributed by atoms with Gasteiger partial charge in [-0.05, 0) is 6.07 Å². The fourth-order valence-electron chi connectivity index (χ4n) is 0.880. The van der Waals surface area contributed by atoms with Gasteiger partial charge in [0.15, 0.2) is 5.82 Å². The fraction of sp³-hybridized carbons (Fsp3) is 0.143. The van der Waals surface area contributed by atoms with Gasteiger partial charge in [0.2, 0.25) is 0 Å². The average Bonchev–Trinajstić information content (AvgIpc) is 2.54. The van der Waals surface area contributed by atoms with Gasteiger partial charge in [-0.3, -0.25) is 0 Å².